The van der Waals surface area contributed by atoms with Gasteiger partial charge in [0.25, 0.3) is 0 Å². The van der Waals surface area contributed by atoms with E-state index in [-0.39, 0.29) is 0 Å². The fraction of sp³-hybridized carbons (Fsp3) is 0.571. The maximum absolute atomic E-state index is 5.60. The summed E-state index contributed by atoms with van der Waals surface area (Å²) in [6, 6.07) is 8.88. The van der Waals surface area contributed by atoms with E-state index < -0.39 is 0 Å². The number of nitrogens with two attached hydrogens (primary N) is 1. The lowest BCUT2D eigenvalue weighted by atomic mass is 9.79. The Labute approximate surface area is 92.7 Å². The molecule has 2 N–H and O–H groups in total. The van der Waals surface area contributed by atoms with Crippen LogP contribution in [0.25, 0.3) is 0 Å². The summed E-state index contributed by atoms with van der Waals surface area (Å²) in [5.41, 5.74) is 8.35. The maximum Gasteiger partial charge on any atom is 0.0178 e. The van der Waals surface area contributed by atoms with E-state index in [0.717, 1.165) is 11.8 Å². The Hall–Kier alpha value is -0.820. The van der Waals surface area contributed by atoms with Crippen molar-refractivity contribution in [3.63, 3.8) is 0 Å². The van der Waals surface area contributed by atoms with Gasteiger partial charge in [0, 0.05) is 6.54 Å². The topological polar surface area (TPSA) is 26.0 Å². The summed E-state index contributed by atoms with van der Waals surface area (Å²) < 4.78 is 0. The molecule has 1 aliphatic rings. The molecular formula is C14H21N. The van der Waals surface area contributed by atoms with Gasteiger partial charge in [-0.3, -0.25) is 0 Å². The summed E-state index contributed by atoms with van der Waals surface area (Å²) in [4.78, 5) is 0. The highest BCUT2D eigenvalue weighted by molar-refractivity contribution is 5.25. The Morgan fingerprint density at radius 2 is 1.67 bits per heavy atom. The van der Waals surface area contributed by atoms with Gasteiger partial charge in [-0.05, 0) is 35.8 Å². The van der Waals surface area contributed by atoms with Crippen molar-refractivity contribution < 1.29 is 0 Å². The van der Waals surface area contributed by atoms with Crippen LogP contribution in [0.1, 0.15) is 49.7 Å². The van der Waals surface area contributed by atoms with E-state index in [1.54, 1.807) is 0 Å². The molecule has 1 aromatic carbocycles. The van der Waals surface area contributed by atoms with Crippen molar-refractivity contribution in [2.45, 2.75) is 45.1 Å². The van der Waals surface area contributed by atoms with Crippen molar-refractivity contribution >= 4 is 0 Å². The Kier molecular flexibility index (Phi) is 3.42. The van der Waals surface area contributed by atoms with Crippen LogP contribution in [-0.2, 0) is 6.54 Å². The molecule has 0 bridgehead atoms. The summed E-state index contributed by atoms with van der Waals surface area (Å²) in [5.74, 6) is 1.73. The van der Waals surface area contributed by atoms with Crippen molar-refractivity contribution in [1.82, 2.24) is 0 Å². The van der Waals surface area contributed by atoms with Crippen molar-refractivity contribution in [2.24, 2.45) is 11.7 Å². The van der Waals surface area contributed by atoms with Gasteiger partial charge in [-0.25, -0.2) is 0 Å². The minimum Gasteiger partial charge on any atom is -0.326 e. The first-order valence-electron chi connectivity index (χ1n) is 6.08. The van der Waals surface area contributed by atoms with E-state index in [1.807, 2.05) is 0 Å². The van der Waals surface area contributed by atoms with Gasteiger partial charge in [0.2, 0.25) is 0 Å². The lowest BCUT2D eigenvalue weighted by Crippen LogP contribution is -2.10. The maximum atomic E-state index is 5.60. The monoisotopic (exact) mass is 203 g/mol. The Morgan fingerprint density at radius 1 is 1.07 bits per heavy atom. The average Bonchev–Trinajstić information content (AvgIpc) is 2.30. The van der Waals surface area contributed by atoms with E-state index in [0.29, 0.717) is 6.54 Å². The van der Waals surface area contributed by atoms with Gasteiger partial charge >= 0.3 is 0 Å². The van der Waals surface area contributed by atoms with Crippen LogP contribution in [0.15, 0.2) is 24.3 Å². The number of benzene rings is 1. The quantitative estimate of drug-likeness (QED) is 0.783. The molecule has 1 aromatic rings. The Bertz CT molecular complexity index is 294. The van der Waals surface area contributed by atoms with E-state index in [1.165, 1.54) is 36.8 Å². The second kappa shape index (κ2) is 4.80. The Balaban J connectivity index is 2.03. The summed E-state index contributed by atoms with van der Waals surface area (Å²) in [6.07, 6.45) is 5.51. The van der Waals surface area contributed by atoms with Gasteiger partial charge in [-0.15, -0.1) is 0 Å². The van der Waals surface area contributed by atoms with Crippen LogP contribution in [-0.4, -0.2) is 0 Å². The molecule has 0 aliphatic heterocycles. The molecule has 2 rings (SSSR count). The highest BCUT2D eigenvalue weighted by Gasteiger charge is 2.19. The van der Waals surface area contributed by atoms with Crippen LogP contribution in [0, 0.1) is 5.92 Å². The number of rotatable bonds is 2. The van der Waals surface area contributed by atoms with Gasteiger partial charge in [0.1, 0.15) is 0 Å². The lowest BCUT2D eigenvalue weighted by molar-refractivity contribution is 0.348. The van der Waals surface area contributed by atoms with Crippen molar-refractivity contribution in [3.05, 3.63) is 35.4 Å². The van der Waals surface area contributed by atoms with Crippen LogP contribution in [0.3, 0.4) is 0 Å². The highest BCUT2D eigenvalue weighted by atomic mass is 14.5. The van der Waals surface area contributed by atoms with Crippen molar-refractivity contribution in [2.75, 3.05) is 0 Å². The minimum absolute atomic E-state index is 0.655. The largest absolute Gasteiger partial charge is 0.326 e. The van der Waals surface area contributed by atoms with E-state index in [4.69, 9.17) is 5.73 Å². The standard InChI is InChI=1S/C14H21N/c1-11-2-6-13(7-3-11)14-8-4-12(10-15)5-9-14/h4-5,8-9,11,13H,2-3,6-7,10,15H2,1H3. The van der Waals surface area contributed by atoms with E-state index in [9.17, 15) is 0 Å². The molecule has 0 radical (unpaired) electrons. The van der Waals surface area contributed by atoms with Crippen LogP contribution < -0.4 is 5.73 Å². The molecule has 0 spiro atoms. The molecule has 1 aliphatic carbocycles. The molecule has 0 unspecified atom stereocenters. The van der Waals surface area contributed by atoms with Gasteiger partial charge in [0.15, 0.2) is 0 Å². The zero-order chi connectivity index (χ0) is 10.7. The lowest BCUT2D eigenvalue weighted by Gasteiger charge is -2.26. The summed E-state index contributed by atoms with van der Waals surface area (Å²) in [6.45, 7) is 3.02. The number of hydrogen-bond donors (Lipinski definition) is 1. The molecule has 1 fully saturated rings. The summed E-state index contributed by atoms with van der Waals surface area (Å²) >= 11 is 0. The molecule has 1 saturated carbocycles. The van der Waals surface area contributed by atoms with Crippen LogP contribution in [0.4, 0.5) is 0 Å². The van der Waals surface area contributed by atoms with Crippen molar-refractivity contribution in [3.8, 4) is 0 Å². The predicted octanol–water partition coefficient (Wildman–Crippen LogP) is 3.44. The molecule has 15 heavy (non-hydrogen) atoms. The molecule has 0 saturated heterocycles. The van der Waals surface area contributed by atoms with Gasteiger partial charge in [-0.2, -0.15) is 0 Å². The smallest absolute Gasteiger partial charge is 0.0178 e. The Morgan fingerprint density at radius 3 is 2.20 bits per heavy atom. The molecule has 0 heterocycles. The molecule has 0 amide bonds. The highest BCUT2D eigenvalue weighted by Crippen LogP contribution is 2.35. The third-order valence-electron chi connectivity index (χ3n) is 3.70. The van der Waals surface area contributed by atoms with Crippen LogP contribution in [0.5, 0.6) is 0 Å². The zero-order valence-electron chi connectivity index (χ0n) is 9.58. The van der Waals surface area contributed by atoms with Crippen LogP contribution in [0.2, 0.25) is 0 Å². The first-order valence-corrected chi connectivity index (χ1v) is 6.08. The fourth-order valence-corrected chi connectivity index (χ4v) is 2.52. The van der Waals surface area contributed by atoms with E-state index >= 15 is 0 Å². The minimum atomic E-state index is 0.655. The number of hydrogen-bond acceptors (Lipinski definition) is 1. The van der Waals surface area contributed by atoms with E-state index in [2.05, 4.69) is 31.2 Å². The molecular weight excluding hydrogens is 182 g/mol. The first kappa shape index (κ1) is 10.7. The zero-order valence-corrected chi connectivity index (χ0v) is 9.58. The van der Waals surface area contributed by atoms with Crippen molar-refractivity contribution in [1.29, 1.82) is 0 Å². The normalized spacial score (nSPS) is 26.5. The van der Waals surface area contributed by atoms with Gasteiger partial charge in [0.05, 0.1) is 0 Å². The third kappa shape index (κ3) is 2.60. The first-order chi connectivity index (χ1) is 7.29. The molecule has 1 nitrogen and oxygen atoms in total. The SMILES string of the molecule is CC1CCC(c2ccc(CN)cc2)CC1. The molecule has 1 heteroatoms. The fourth-order valence-electron chi connectivity index (χ4n) is 2.52. The van der Waals surface area contributed by atoms with Gasteiger partial charge < -0.3 is 5.73 Å². The third-order valence-corrected chi connectivity index (χ3v) is 3.70. The second-order valence-corrected chi connectivity index (χ2v) is 4.90. The van der Waals surface area contributed by atoms with Crippen LogP contribution >= 0.6 is 0 Å². The molecule has 82 valence electrons. The molecule has 0 aromatic heterocycles. The summed E-state index contributed by atoms with van der Waals surface area (Å²) in [7, 11) is 0. The molecule has 0 atom stereocenters. The second-order valence-electron chi connectivity index (χ2n) is 4.90. The predicted molar refractivity (Wildman–Crippen MR) is 64.7 cm³/mol. The van der Waals surface area contributed by atoms with Gasteiger partial charge in [-0.1, -0.05) is 44.0 Å². The average molecular weight is 203 g/mol. The summed E-state index contributed by atoms with van der Waals surface area (Å²) in [5, 5.41) is 0.